The summed E-state index contributed by atoms with van der Waals surface area (Å²) >= 11 is 0. The summed E-state index contributed by atoms with van der Waals surface area (Å²) in [5, 5.41) is 3.34. The molecule has 1 atom stereocenters. The fraction of sp³-hybridized carbons (Fsp3) is 0.647. The van der Waals surface area contributed by atoms with Gasteiger partial charge in [0.05, 0.1) is 13.2 Å². The largest absolute Gasteiger partial charge is 0.383 e. The quantitative estimate of drug-likeness (QED) is 0.674. The maximum Gasteiger partial charge on any atom is 0.0589 e. The van der Waals surface area contributed by atoms with Gasteiger partial charge in [0.2, 0.25) is 0 Å². The van der Waals surface area contributed by atoms with Crippen LogP contribution in [0.25, 0.3) is 0 Å². The van der Waals surface area contributed by atoms with Crippen LogP contribution in [0.1, 0.15) is 12.5 Å². The first kappa shape index (κ1) is 18.1. The summed E-state index contributed by atoms with van der Waals surface area (Å²) in [5.41, 5.74) is 1.43. The molecule has 1 aromatic carbocycles. The Labute approximate surface area is 129 Å². The van der Waals surface area contributed by atoms with Crippen molar-refractivity contribution in [2.75, 3.05) is 60.7 Å². The van der Waals surface area contributed by atoms with Gasteiger partial charge < -0.3 is 14.8 Å². The van der Waals surface area contributed by atoms with Crippen molar-refractivity contribution in [1.29, 1.82) is 0 Å². The van der Waals surface area contributed by atoms with Gasteiger partial charge in [0.1, 0.15) is 0 Å². The van der Waals surface area contributed by atoms with Gasteiger partial charge in [-0.25, -0.2) is 0 Å². The number of nitrogens with zero attached hydrogens (tertiary/aromatic N) is 1. The van der Waals surface area contributed by atoms with Crippen molar-refractivity contribution >= 4 is 0 Å². The number of hydrogen-bond acceptors (Lipinski definition) is 4. The summed E-state index contributed by atoms with van der Waals surface area (Å²) in [6.45, 7) is 7.56. The molecule has 1 N–H and O–H groups in total. The van der Waals surface area contributed by atoms with Crippen LogP contribution in [0.3, 0.4) is 0 Å². The van der Waals surface area contributed by atoms with E-state index >= 15 is 0 Å². The summed E-state index contributed by atoms with van der Waals surface area (Å²) < 4.78 is 10.5. The molecule has 0 saturated carbocycles. The molecule has 1 aromatic rings. The molecule has 120 valence electrons. The molecule has 0 fully saturated rings. The average Bonchev–Trinajstić information content (AvgIpc) is 2.51. The van der Waals surface area contributed by atoms with Crippen molar-refractivity contribution in [1.82, 2.24) is 10.2 Å². The van der Waals surface area contributed by atoms with E-state index in [0.29, 0.717) is 0 Å². The van der Waals surface area contributed by atoms with Crippen molar-refractivity contribution < 1.29 is 9.47 Å². The Morgan fingerprint density at radius 3 is 2.10 bits per heavy atom. The lowest BCUT2D eigenvalue weighted by atomic mass is 9.81. The highest BCUT2D eigenvalue weighted by Crippen LogP contribution is 2.24. The van der Waals surface area contributed by atoms with Crippen molar-refractivity contribution in [2.24, 2.45) is 0 Å². The van der Waals surface area contributed by atoms with Crippen LogP contribution >= 0.6 is 0 Å². The monoisotopic (exact) mass is 294 g/mol. The van der Waals surface area contributed by atoms with Gasteiger partial charge >= 0.3 is 0 Å². The van der Waals surface area contributed by atoms with Gasteiger partial charge in [0.25, 0.3) is 0 Å². The minimum absolute atomic E-state index is 0.0670. The predicted molar refractivity (Wildman–Crippen MR) is 87.9 cm³/mol. The third kappa shape index (κ3) is 6.14. The van der Waals surface area contributed by atoms with Gasteiger partial charge in [-0.2, -0.15) is 0 Å². The van der Waals surface area contributed by atoms with Gasteiger partial charge in [0, 0.05) is 45.8 Å². The third-order valence-corrected chi connectivity index (χ3v) is 3.83. The molecule has 0 aromatic heterocycles. The topological polar surface area (TPSA) is 33.7 Å². The van der Waals surface area contributed by atoms with Crippen LogP contribution in [0, 0.1) is 0 Å². The Morgan fingerprint density at radius 2 is 1.62 bits per heavy atom. The minimum atomic E-state index is 0.0670. The molecule has 0 saturated heterocycles. The highest BCUT2D eigenvalue weighted by molar-refractivity contribution is 5.25. The van der Waals surface area contributed by atoms with E-state index < -0.39 is 0 Å². The van der Waals surface area contributed by atoms with Gasteiger partial charge in [0.15, 0.2) is 0 Å². The second-order valence-electron chi connectivity index (χ2n) is 5.72. The Balaban J connectivity index is 2.81. The molecule has 0 bridgehead atoms. The molecule has 21 heavy (non-hydrogen) atoms. The molecular weight excluding hydrogens is 264 g/mol. The summed E-state index contributed by atoms with van der Waals surface area (Å²) in [6, 6.07) is 10.7. The maximum atomic E-state index is 5.23. The predicted octanol–water partition coefficient (Wildman–Crippen LogP) is 1.76. The molecule has 0 aliphatic heterocycles. The van der Waals surface area contributed by atoms with Gasteiger partial charge in [-0.05, 0) is 12.6 Å². The SMILES string of the molecule is CNCC(C)(CN(CCOC)CCOC)c1ccccc1. The van der Waals surface area contributed by atoms with Crippen LogP contribution in [0.4, 0.5) is 0 Å². The Kier molecular flexibility index (Phi) is 8.54. The van der Waals surface area contributed by atoms with E-state index in [-0.39, 0.29) is 5.41 Å². The fourth-order valence-electron chi connectivity index (χ4n) is 2.68. The fourth-order valence-corrected chi connectivity index (χ4v) is 2.68. The van der Waals surface area contributed by atoms with E-state index in [1.807, 2.05) is 7.05 Å². The number of benzene rings is 1. The number of likely N-dealkylation sites (N-methyl/N-ethyl adjacent to an activating group) is 1. The van der Waals surface area contributed by atoms with Crippen LogP contribution in [-0.2, 0) is 14.9 Å². The number of rotatable bonds is 11. The molecule has 4 heteroatoms. The van der Waals surface area contributed by atoms with Crippen LogP contribution in [-0.4, -0.2) is 65.6 Å². The average molecular weight is 294 g/mol. The van der Waals surface area contributed by atoms with E-state index in [4.69, 9.17) is 9.47 Å². The lowest BCUT2D eigenvalue weighted by Crippen LogP contribution is -2.46. The highest BCUT2D eigenvalue weighted by atomic mass is 16.5. The molecular formula is C17H30N2O2. The molecule has 0 aliphatic carbocycles. The highest BCUT2D eigenvalue weighted by Gasteiger charge is 2.28. The molecule has 0 heterocycles. The molecule has 0 aliphatic rings. The number of hydrogen-bond donors (Lipinski definition) is 1. The van der Waals surface area contributed by atoms with Gasteiger partial charge in [-0.1, -0.05) is 37.3 Å². The zero-order valence-electron chi connectivity index (χ0n) is 13.9. The lowest BCUT2D eigenvalue weighted by molar-refractivity contribution is 0.0997. The van der Waals surface area contributed by atoms with Crippen molar-refractivity contribution in [3.63, 3.8) is 0 Å². The standard InChI is InChI=1S/C17H30N2O2/c1-17(14-18-2,16-8-6-5-7-9-16)15-19(10-12-20-3)11-13-21-4/h5-9,18H,10-15H2,1-4H3. The zero-order valence-corrected chi connectivity index (χ0v) is 13.9. The summed E-state index contributed by atoms with van der Waals surface area (Å²) in [7, 11) is 5.51. The van der Waals surface area contributed by atoms with E-state index in [0.717, 1.165) is 39.4 Å². The molecule has 1 rings (SSSR count). The molecule has 0 radical (unpaired) electrons. The Bertz CT molecular complexity index is 364. The van der Waals surface area contributed by atoms with Crippen molar-refractivity contribution in [3.8, 4) is 0 Å². The smallest absolute Gasteiger partial charge is 0.0589 e. The van der Waals surface area contributed by atoms with Crippen molar-refractivity contribution in [2.45, 2.75) is 12.3 Å². The van der Waals surface area contributed by atoms with E-state index in [1.54, 1.807) is 14.2 Å². The van der Waals surface area contributed by atoms with Crippen LogP contribution < -0.4 is 5.32 Å². The summed E-state index contributed by atoms with van der Waals surface area (Å²) in [5.74, 6) is 0. The zero-order chi connectivity index (χ0) is 15.6. The Morgan fingerprint density at radius 1 is 1.05 bits per heavy atom. The van der Waals surface area contributed by atoms with E-state index in [2.05, 4.69) is 47.5 Å². The van der Waals surface area contributed by atoms with Crippen molar-refractivity contribution in [3.05, 3.63) is 35.9 Å². The lowest BCUT2D eigenvalue weighted by Gasteiger charge is -2.36. The maximum absolute atomic E-state index is 5.23. The van der Waals surface area contributed by atoms with Crippen LogP contribution in [0.2, 0.25) is 0 Å². The molecule has 0 spiro atoms. The van der Waals surface area contributed by atoms with E-state index in [9.17, 15) is 0 Å². The second kappa shape index (κ2) is 9.90. The molecule has 4 nitrogen and oxygen atoms in total. The third-order valence-electron chi connectivity index (χ3n) is 3.83. The normalized spacial score (nSPS) is 14.3. The van der Waals surface area contributed by atoms with E-state index in [1.165, 1.54) is 5.56 Å². The molecule has 1 unspecified atom stereocenters. The van der Waals surface area contributed by atoms with Crippen LogP contribution in [0.5, 0.6) is 0 Å². The molecule has 0 amide bonds. The number of nitrogens with one attached hydrogen (secondary N) is 1. The van der Waals surface area contributed by atoms with Crippen LogP contribution in [0.15, 0.2) is 30.3 Å². The second-order valence-corrected chi connectivity index (χ2v) is 5.72. The first-order valence-corrected chi connectivity index (χ1v) is 7.56. The summed E-state index contributed by atoms with van der Waals surface area (Å²) in [4.78, 5) is 2.41. The number of ether oxygens (including phenoxy) is 2. The van der Waals surface area contributed by atoms with Gasteiger partial charge in [-0.3, -0.25) is 4.90 Å². The summed E-state index contributed by atoms with van der Waals surface area (Å²) in [6.07, 6.45) is 0. The minimum Gasteiger partial charge on any atom is -0.383 e. The van der Waals surface area contributed by atoms with Gasteiger partial charge in [-0.15, -0.1) is 0 Å². The first-order chi connectivity index (χ1) is 10.2. The Hall–Kier alpha value is -0.940. The first-order valence-electron chi connectivity index (χ1n) is 7.56. The number of methoxy groups -OCH3 is 2.